The normalized spacial score (nSPS) is 19.3. The van der Waals surface area contributed by atoms with E-state index in [9.17, 15) is 9.90 Å². The topological polar surface area (TPSA) is 58.6 Å². The molecule has 100 valence electrons. The molecule has 1 aliphatic heterocycles. The van der Waals surface area contributed by atoms with Crippen molar-refractivity contribution in [2.24, 2.45) is 11.8 Å². The van der Waals surface area contributed by atoms with Crippen LogP contribution in [0, 0.1) is 11.8 Å². The van der Waals surface area contributed by atoms with Gasteiger partial charge in [0, 0.05) is 26.2 Å². The molecule has 0 spiro atoms. The van der Waals surface area contributed by atoms with Crippen LogP contribution in [0.5, 0.6) is 0 Å². The maximum atomic E-state index is 11.6. The Morgan fingerprint density at radius 2 is 2.06 bits per heavy atom. The van der Waals surface area contributed by atoms with Crippen LogP contribution >= 0.6 is 0 Å². The summed E-state index contributed by atoms with van der Waals surface area (Å²) in [4.78, 5) is 11.6. The standard InChI is InChI=1S/C13H25NO3/c1-10(2)12(15)9-14-13(16)4-3-11-5-7-17-8-6-11/h10-12,15H,3-9H2,1-2H3,(H,14,16). The van der Waals surface area contributed by atoms with Gasteiger partial charge in [-0.25, -0.2) is 0 Å². The highest BCUT2D eigenvalue weighted by atomic mass is 16.5. The molecule has 1 unspecified atom stereocenters. The third kappa shape index (κ3) is 6.03. The van der Waals surface area contributed by atoms with E-state index in [-0.39, 0.29) is 11.8 Å². The molecule has 0 bridgehead atoms. The molecule has 1 atom stereocenters. The number of aliphatic hydroxyl groups is 1. The van der Waals surface area contributed by atoms with Gasteiger partial charge in [0.15, 0.2) is 0 Å². The Labute approximate surface area is 104 Å². The fraction of sp³-hybridized carbons (Fsp3) is 0.923. The summed E-state index contributed by atoms with van der Waals surface area (Å²) < 4.78 is 5.28. The number of carbonyl (C=O) groups excluding carboxylic acids is 1. The maximum Gasteiger partial charge on any atom is 0.220 e. The average Bonchev–Trinajstić information content (AvgIpc) is 2.34. The second-order valence-electron chi connectivity index (χ2n) is 5.21. The minimum Gasteiger partial charge on any atom is -0.391 e. The summed E-state index contributed by atoms with van der Waals surface area (Å²) >= 11 is 0. The monoisotopic (exact) mass is 243 g/mol. The fourth-order valence-electron chi connectivity index (χ4n) is 1.91. The first-order valence-electron chi connectivity index (χ1n) is 6.62. The minimum absolute atomic E-state index is 0.0520. The Hall–Kier alpha value is -0.610. The van der Waals surface area contributed by atoms with Gasteiger partial charge < -0.3 is 15.2 Å². The van der Waals surface area contributed by atoms with E-state index in [0.29, 0.717) is 18.9 Å². The van der Waals surface area contributed by atoms with E-state index in [2.05, 4.69) is 5.32 Å². The second-order valence-corrected chi connectivity index (χ2v) is 5.21. The highest BCUT2D eigenvalue weighted by Crippen LogP contribution is 2.19. The third-order valence-corrected chi connectivity index (χ3v) is 3.40. The molecule has 1 rings (SSSR count). The summed E-state index contributed by atoms with van der Waals surface area (Å²) in [5.74, 6) is 0.867. The molecule has 1 heterocycles. The Bertz CT molecular complexity index is 225. The first-order chi connectivity index (χ1) is 8.09. The SMILES string of the molecule is CC(C)C(O)CNC(=O)CCC1CCOCC1. The number of nitrogens with one attached hydrogen (secondary N) is 1. The zero-order valence-corrected chi connectivity index (χ0v) is 10.9. The van der Waals surface area contributed by atoms with Crippen LogP contribution in [-0.2, 0) is 9.53 Å². The molecule has 4 heteroatoms. The summed E-state index contributed by atoms with van der Waals surface area (Å²) in [5, 5.41) is 12.3. The van der Waals surface area contributed by atoms with Gasteiger partial charge in [-0.1, -0.05) is 13.8 Å². The molecule has 0 aromatic heterocycles. The van der Waals surface area contributed by atoms with Gasteiger partial charge in [0.25, 0.3) is 0 Å². The molecule has 4 nitrogen and oxygen atoms in total. The summed E-state index contributed by atoms with van der Waals surface area (Å²) in [6, 6.07) is 0. The average molecular weight is 243 g/mol. The number of amides is 1. The van der Waals surface area contributed by atoms with E-state index in [4.69, 9.17) is 4.74 Å². The van der Waals surface area contributed by atoms with Gasteiger partial charge in [-0.2, -0.15) is 0 Å². The zero-order valence-electron chi connectivity index (χ0n) is 10.9. The van der Waals surface area contributed by atoms with E-state index >= 15 is 0 Å². The first kappa shape index (κ1) is 14.5. The van der Waals surface area contributed by atoms with Crippen LogP contribution < -0.4 is 5.32 Å². The lowest BCUT2D eigenvalue weighted by atomic mass is 9.95. The van der Waals surface area contributed by atoms with Crippen molar-refractivity contribution in [1.82, 2.24) is 5.32 Å². The summed E-state index contributed by atoms with van der Waals surface area (Å²) in [6.45, 7) is 5.92. The highest BCUT2D eigenvalue weighted by Gasteiger charge is 2.16. The van der Waals surface area contributed by atoms with Gasteiger partial charge in [0.2, 0.25) is 5.91 Å². The molecule has 1 aliphatic rings. The van der Waals surface area contributed by atoms with E-state index in [0.717, 1.165) is 32.5 Å². The molecule has 0 radical (unpaired) electrons. The van der Waals surface area contributed by atoms with Crippen LogP contribution in [0.1, 0.15) is 39.5 Å². The quantitative estimate of drug-likeness (QED) is 0.740. The van der Waals surface area contributed by atoms with E-state index in [1.165, 1.54) is 0 Å². The second kappa shape index (κ2) is 7.67. The molecule has 1 fully saturated rings. The molecule has 0 aliphatic carbocycles. The first-order valence-corrected chi connectivity index (χ1v) is 6.62. The largest absolute Gasteiger partial charge is 0.391 e. The molecular weight excluding hydrogens is 218 g/mol. The molecule has 0 aromatic rings. The number of hydrogen-bond acceptors (Lipinski definition) is 3. The van der Waals surface area contributed by atoms with Crippen molar-refractivity contribution in [3.63, 3.8) is 0 Å². The van der Waals surface area contributed by atoms with Crippen molar-refractivity contribution in [2.45, 2.75) is 45.6 Å². The van der Waals surface area contributed by atoms with Crippen molar-refractivity contribution in [3.05, 3.63) is 0 Å². The molecule has 1 saturated heterocycles. The van der Waals surface area contributed by atoms with Crippen molar-refractivity contribution < 1.29 is 14.6 Å². The number of carbonyl (C=O) groups is 1. The number of hydrogen-bond donors (Lipinski definition) is 2. The van der Waals surface area contributed by atoms with Gasteiger partial charge in [0.05, 0.1) is 6.10 Å². The van der Waals surface area contributed by atoms with Crippen LogP contribution in [0.25, 0.3) is 0 Å². The molecule has 0 saturated carbocycles. The lowest BCUT2D eigenvalue weighted by Gasteiger charge is -2.21. The fourth-order valence-corrected chi connectivity index (χ4v) is 1.91. The third-order valence-electron chi connectivity index (χ3n) is 3.40. The van der Waals surface area contributed by atoms with Crippen LogP contribution in [0.2, 0.25) is 0 Å². The van der Waals surface area contributed by atoms with Gasteiger partial charge in [0.1, 0.15) is 0 Å². The van der Waals surface area contributed by atoms with E-state index < -0.39 is 6.10 Å². The maximum absolute atomic E-state index is 11.6. The zero-order chi connectivity index (χ0) is 12.7. The lowest BCUT2D eigenvalue weighted by Crippen LogP contribution is -2.34. The lowest BCUT2D eigenvalue weighted by molar-refractivity contribution is -0.122. The predicted molar refractivity (Wildman–Crippen MR) is 66.6 cm³/mol. The Kier molecular flexibility index (Phi) is 6.52. The summed E-state index contributed by atoms with van der Waals surface area (Å²) in [7, 11) is 0. The molecule has 17 heavy (non-hydrogen) atoms. The minimum atomic E-state index is -0.443. The molecular formula is C13H25NO3. The Morgan fingerprint density at radius 1 is 1.41 bits per heavy atom. The van der Waals surface area contributed by atoms with E-state index in [1.807, 2.05) is 13.8 Å². The Balaban J connectivity index is 2.08. The van der Waals surface area contributed by atoms with Crippen molar-refractivity contribution in [2.75, 3.05) is 19.8 Å². The van der Waals surface area contributed by atoms with Crippen molar-refractivity contribution >= 4 is 5.91 Å². The van der Waals surface area contributed by atoms with Crippen LogP contribution in [-0.4, -0.2) is 36.9 Å². The summed E-state index contributed by atoms with van der Waals surface area (Å²) in [5.41, 5.74) is 0. The molecule has 1 amide bonds. The van der Waals surface area contributed by atoms with Gasteiger partial charge in [-0.05, 0) is 31.1 Å². The van der Waals surface area contributed by atoms with Gasteiger partial charge >= 0.3 is 0 Å². The van der Waals surface area contributed by atoms with Gasteiger partial charge in [-0.15, -0.1) is 0 Å². The van der Waals surface area contributed by atoms with Crippen LogP contribution in [0.15, 0.2) is 0 Å². The Morgan fingerprint density at radius 3 is 2.65 bits per heavy atom. The van der Waals surface area contributed by atoms with Crippen molar-refractivity contribution in [1.29, 1.82) is 0 Å². The highest BCUT2D eigenvalue weighted by molar-refractivity contribution is 5.75. The number of rotatable bonds is 6. The smallest absolute Gasteiger partial charge is 0.220 e. The molecule has 0 aromatic carbocycles. The predicted octanol–water partition coefficient (Wildman–Crippen LogP) is 1.33. The number of aliphatic hydroxyl groups excluding tert-OH is 1. The van der Waals surface area contributed by atoms with Crippen molar-refractivity contribution in [3.8, 4) is 0 Å². The van der Waals surface area contributed by atoms with Crippen LogP contribution in [0.4, 0.5) is 0 Å². The van der Waals surface area contributed by atoms with Gasteiger partial charge in [-0.3, -0.25) is 4.79 Å². The van der Waals surface area contributed by atoms with E-state index in [1.54, 1.807) is 0 Å². The van der Waals surface area contributed by atoms with Crippen LogP contribution in [0.3, 0.4) is 0 Å². The summed E-state index contributed by atoms with van der Waals surface area (Å²) in [6.07, 6.45) is 3.20. The number of ether oxygens (including phenoxy) is 1. The molecule has 2 N–H and O–H groups in total.